The summed E-state index contributed by atoms with van der Waals surface area (Å²) in [5.74, 6) is -0.553. The lowest BCUT2D eigenvalue weighted by Crippen LogP contribution is -2.47. The number of hydrogen-bond acceptors (Lipinski definition) is 4. The second-order valence-electron chi connectivity index (χ2n) is 7.88. The smallest absolute Gasteiger partial charge is 0.274 e. The molecule has 27 heavy (non-hydrogen) atoms. The van der Waals surface area contributed by atoms with Crippen LogP contribution in [0.1, 0.15) is 19.8 Å². The lowest BCUT2D eigenvalue weighted by molar-refractivity contribution is -0.383. The van der Waals surface area contributed by atoms with Crippen molar-refractivity contribution in [1.82, 2.24) is 0 Å². The highest BCUT2D eigenvalue weighted by atomic mass is 16.6. The highest BCUT2D eigenvalue weighted by molar-refractivity contribution is 6.27. The molecule has 2 bridgehead atoms. The molecule has 2 aromatic rings. The Morgan fingerprint density at radius 1 is 1.07 bits per heavy atom. The van der Waals surface area contributed by atoms with Gasteiger partial charge >= 0.3 is 0 Å². The van der Waals surface area contributed by atoms with Gasteiger partial charge in [-0.1, -0.05) is 30.4 Å². The van der Waals surface area contributed by atoms with Crippen molar-refractivity contribution in [3.05, 3.63) is 58.7 Å². The van der Waals surface area contributed by atoms with Gasteiger partial charge in [-0.05, 0) is 43.7 Å². The number of non-ortho nitro benzene ring substituents is 1. The first kappa shape index (κ1) is 16.2. The molecule has 0 radical (unpaired) electrons. The number of allylic oxidation sites excluding steroid dienone is 2. The fourth-order valence-corrected chi connectivity index (χ4v) is 5.36. The standard InChI is InChI=1S/C21H18N2O4/c1-21-13-8-6-12(7-9-13)18(21)19(24)22(20(21)25)16-10-11-17(23(26)27)15-5-3-2-4-14(15)16/h2-6,8,10-13,18H,7,9H2,1H3/t12?,13?,18-,21-/m0/s1. The molecule has 1 heterocycles. The molecule has 3 aliphatic carbocycles. The zero-order valence-corrected chi connectivity index (χ0v) is 14.8. The summed E-state index contributed by atoms with van der Waals surface area (Å²) in [5, 5.41) is 12.4. The molecule has 1 aliphatic heterocycles. The molecule has 6 nitrogen and oxygen atoms in total. The zero-order chi connectivity index (χ0) is 18.9. The van der Waals surface area contributed by atoms with Gasteiger partial charge in [0.15, 0.2) is 0 Å². The molecular weight excluding hydrogens is 344 g/mol. The van der Waals surface area contributed by atoms with Crippen molar-refractivity contribution in [1.29, 1.82) is 0 Å². The van der Waals surface area contributed by atoms with E-state index in [0.717, 1.165) is 12.8 Å². The Labute approximate surface area is 155 Å². The van der Waals surface area contributed by atoms with E-state index in [1.165, 1.54) is 17.0 Å². The van der Waals surface area contributed by atoms with Crippen LogP contribution in [-0.2, 0) is 9.59 Å². The van der Waals surface area contributed by atoms with Gasteiger partial charge in [-0.25, -0.2) is 4.90 Å². The number of carbonyl (C=O) groups excluding carboxylic acids is 2. The number of carbonyl (C=O) groups is 2. The monoisotopic (exact) mass is 362 g/mol. The van der Waals surface area contributed by atoms with Crippen molar-refractivity contribution in [2.75, 3.05) is 4.90 Å². The van der Waals surface area contributed by atoms with Gasteiger partial charge < -0.3 is 0 Å². The molecule has 2 unspecified atom stereocenters. The molecular formula is C21H18N2O4. The predicted molar refractivity (Wildman–Crippen MR) is 100 cm³/mol. The number of nitrogens with zero attached hydrogens (tertiary/aromatic N) is 2. The first-order valence-electron chi connectivity index (χ1n) is 9.17. The third kappa shape index (κ3) is 1.90. The van der Waals surface area contributed by atoms with Gasteiger partial charge in [0.1, 0.15) is 0 Å². The third-order valence-corrected chi connectivity index (χ3v) is 6.71. The van der Waals surface area contributed by atoms with Crippen LogP contribution in [0.4, 0.5) is 11.4 Å². The summed E-state index contributed by atoms with van der Waals surface area (Å²) in [4.78, 5) is 39.0. The Bertz CT molecular complexity index is 1060. The van der Waals surface area contributed by atoms with Crippen LogP contribution < -0.4 is 4.90 Å². The van der Waals surface area contributed by atoms with E-state index in [0.29, 0.717) is 16.5 Å². The van der Waals surface area contributed by atoms with Crippen molar-refractivity contribution in [3.63, 3.8) is 0 Å². The fraction of sp³-hybridized carbons (Fsp3) is 0.333. The van der Waals surface area contributed by atoms with Gasteiger partial charge in [0.05, 0.1) is 27.3 Å². The topological polar surface area (TPSA) is 80.5 Å². The fourth-order valence-electron chi connectivity index (χ4n) is 5.36. The van der Waals surface area contributed by atoms with E-state index in [2.05, 4.69) is 12.2 Å². The summed E-state index contributed by atoms with van der Waals surface area (Å²) < 4.78 is 0. The second kappa shape index (κ2) is 5.25. The van der Waals surface area contributed by atoms with Gasteiger partial charge in [0.25, 0.3) is 5.69 Å². The van der Waals surface area contributed by atoms with Gasteiger partial charge in [-0.3, -0.25) is 19.7 Å². The molecule has 1 saturated carbocycles. The quantitative estimate of drug-likeness (QED) is 0.352. The van der Waals surface area contributed by atoms with Crippen LogP contribution >= 0.6 is 0 Å². The summed E-state index contributed by atoms with van der Waals surface area (Å²) in [6, 6.07) is 9.79. The molecule has 1 saturated heterocycles. The first-order chi connectivity index (χ1) is 12.9. The van der Waals surface area contributed by atoms with Crippen LogP contribution in [-0.4, -0.2) is 16.7 Å². The third-order valence-electron chi connectivity index (χ3n) is 6.71. The first-order valence-corrected chi connectivity index (χ1v) is 9.17. The molecule has 0 aromatic heterocycles. The minimum absolute atomic E-state index is 0.0289. The Morgan fingerprint density at radius 3 is 2.44 bits per heavy atom. The molecule has 4 aliphatic rings. The number of fused-ring (bicyclic) bond motifs is 2. The number of hydrogen-bond donors (Lipinski definition) is 0. The van der Waals surface area contributed by atoms with Crippen molar-refractivity contribution < 1.29 is 14.5 Å². The number of imide groups is 1. The van der Waals surface area contributed by atoms with E-state index in [-0.39, 0.29) is 35.3 Å². The van der Waals surface area contributed by atoms with Crippen LogP contribution in [0.3, 0.4) is 0 Å². The van der Waals surface area contributed by atoms with Crippen LogP contribution in [0.25, 0.3) is 10.8 Å². The number of nitro benzene ring substituents is 1. The summed E-state index contributed by atoms with van der Waals surface area (Å²) >= 11 is 0. The average Bonchev–Trinajstić information content (AvgIpc) is 2.89. The molecule has 4 atom stereocenters. The minimum Gasteiger partial charge on any atom is -0.274 e. The zero-order valence-electron chi connectivity index (χ0n) is 14.8. The van der Waals surface area contributed by atoms with E-state index in [1.54, 1.807) is 24.3 Å². The summed E-state index contributed by atoms with van der Waals surface area (Å²) in [7, 11) is 0. The highest BCUT2D eigenvalue weighted by Crippen LogP contribution is 2.58. The Balaban J connectivity index is 1.71. The van der Waals surface area contributed by atoms with Crippen LogP contribution in [0.5, 0.6) is 0 Å². The largest absolute Gasteiger partial charge is 0.277 e. The number of nitro groups is 1. The number of anilines is 1. The molecule has 2 amide bonds. The van der Waals surface area contributed by atoms with Crippen LogP contribution in [0, 0.1) is 33.3 Å². The Kier molecular flexibility index (Phi) is 3.15. The minimum atomic E-state index is -0.725. The lowest BCUT2D eigenvalue weighted by Gasteiger charge is -2.45. The van der Waals surface area contributed by atoms with E-state index >= 15 is 0 Å². The van der Waals surface area contributed by atoms with Crippen molar-refractivity contribution >= 4 is 34.0 Å². The number of amides is 2. The molecule has 136 valence electrons. The normalized spacial score (nSPS) is 31.6. The van der Waals surface area contributed by atoms with Crippen LogP contribution in [0.15, 0.2) is 48.6 Å². The van der Waals surface area contributed by atoms with Gasteiger partial charge in [-0.2, -0.15) is 0 Å². The molecule has 2 aromatic carbocycles. The summed E-state index contributed by atoms with van der Waals surface area (Å²) in [6.07, 6.45) is 6.02. The Hall–Kier alpha value is -3.02. The van der Waals surface area contributed by atoms with E-state index in [4.69, 9.17) is 0 Å². The van der Waals surface area contributed by atoms with Gasteiger partial charge in [0.2, 0.25) is 11.8 Å². The summed E-state index contributed by atoms with van der Waals surface area (Å²) in [6.45, 7) is 1.91. The molecule has 2 fully saturated rings. The Morgan fingerprint density at radius 2 is 1.81 bits per heavy atom. The molecule has 0 N–H and O–H groups in total. The van der Waals surface area contributed by atoms with Crippen molar-refractivity contribution in [2.45, 2.75) is 19.8 Å². The van der Waals surface area contributed by atoms with Crippen molar-refractivity contribution in [3.8, 4) is 0 Å². The van der Waals surface area contributed by atoms with E-state index in [1.807, 2.05) is 6.92 Å². The lowest BCUT2D eigenvalue weighted by atomic mass is 9.55. The van der Waals surface area contributed by atoms with Crippen LogP contribution in [0.2, 0.25) is 0 Å². The average molecular weight is 362 g/mol. The SMILES string of the molecule is C[C@@]12C(=O)N(c3ccc([N+](=O)[O-])c4ccccc34)C(=O)[C@@H]1C1C=CC2CC1. The van der Waals surface area contributed by atoms with Gasteiger partial charge in [-0.15, -0.1) is 0 Å². The highest BCUT2D eigenvalue weighted by Gasteiger charge is 2.64. The van der Waals surface area contributed by atoms with E-state index < -0.39 is 10.3 Å². The van der Waals surface area contributed by atoms with E-state index in [9.17, 15) is 19.7 Å². The number of benzene rings is 2. The second-order valence-corrected chi connectivity index (χ2v) is 7.88. The molecule has 6 rings (SSSR count). The predicted octanol–water partition coefficient (Wildman–Crippen LogP) is 3.84. The van der Waals surface area contributed by atoms with Gasteiger partial charge in [0, 0.05) is 11.5 Å². The maximum Gasteiger partial charge on any atom is 0.277 e. The van der Waals surface area contributed by atoms with Crippen molar-refractivity contribution in [2.24, 2.45) is 23.2 Å². The molecule has 6 heteroatoms. The maximum absolute atomic E-state index is 13.5. The number of rotatable bonds is 2. The summed E-state index contributed by atoms with van der Waals surface area (Å²) in [5.41, 5.74) is -0.308. The maximum atomic E-state index is 13.5. The molecule has 0 spiro atoms.